The molecule has 0 aromatic carbocycles. The first-order valence-corrected chi connectivity index (χ1v) is 6.69. The minimum atomic E-state index is 0.433. The van der Waals surface area contributed by atoms with Crippen molar-refractivity contribution in [1.82, 2.24) is 25.2 Å². The predicted molar refractivity (Wildman–Crippen MR) is 69.7 cm³/mol. The van der Waals surface area contributed by atoms with Crippen molar-refractivity contribution in [1.29, 1.82) is 0 Å². The zero-order valence-corrected chi connectivity index (χ0v) is 11.6. The zero-order valence-electron chi connectivity index (χ0n) is 11.6. The summed E-state index contributed by atoms with van der Waals surface area (Å²) in [5.74, 6) is 2.87. The normalized spacial score (nSPS) is 18.6. The second-order valence-corrected chi connectivity index (χ2v) is 5.18. The van der Waals surface area contributed by atoms with Crippen LogP contribution < -0.4 is 5.32 Å². The molecular weight excluding hydrogens is 242 g/mol. The van der Waals surface area contributed by atoms with E-state index in [0.29, 0.717) is 6.04 Å². The molecule has 1 N–H and O–H groups in total. The molecule has 0 unspecified atom stereocenters. The van der Waals surface area contributed by atoms with Gasteiger partial charge in [-0.1, -0.05) is 5.16 Å². The van der Waals surface area contributed by atoms with Gasteiger partial charge in [0.15, 0.2) is 0 Å². The van der Waals surface area contributed by atoms with E-state index in [-0.39, 0.29) is 0 Å². The van der Waals surface area contributed by atoms with Crippen LogP contribution >= 0.6 is 0 Å². The lowest BCUT2D eigenvalue weighted by molar-refractivity contribution is 0.355. The molecule has 0 spiro atoms. The third kappa shape index (κ3) is 2.40. The summed E-state index contributed by atoms with van der Waals surface area (Å²) in [6.07, 6.45) is 2.08. The Morgan fingerprint density at radius 1 is 1.37 bits per heavy atom. The second kappa shape index (κ2) is 4.77. The molecule has 2 aromatic heterocycles. The van der Waals surface area contributed by atoms with Crippen LogP contribution in [0.2, 0.25) is 0 Å². The second-order valence-electron chi connectivity index (χ2n) is 5.18. The maximum Gasteiger partial charge on any atom is 0.147 e. The number of hydrogen-bond acceptors (Lipinski definition) is 5. The number of hydrogen-bond donors (Lipinski definition) is 1. The molecule has 0 saturated carbocycles. The Morgan fingerprint density at radius 2 is 2.21 bits per heavy atom. The lowest BCUT2D eigenvalue weighted by atomic mass is 10.1. The van der Waals surface area contributed by atoms with Crippen molar-refractivity contribution >= 4 is 0 Å². The smallest absolute Gasteiger partial charge is 0.147 e. The highest BCUT2D eigenvalue weighted by Gasteiger charge is 2.21. The van der Waals surface area contributed by atoms with Crippen molar-refractivity contribution in [3.8, 4) is 0 Å². The largest absolute Gasteiger partial charge is 0.361 e. The monoisotopic (exact) mass is 261 g/mol. The Bertz CT molecular complexity index is 566. The third-order valence-electron chi connectivity index (χ3n) is 3.71. The maximum atomic E-state index is 5.18. The summed E-state index contributed by atoms with van der Waals surface area (Å²) in [6, 6.07) is 0.433. The van der Waals surface area contributed by atoms with Gasteiger partial charge in [-0.3, -0.25) is 0 Å². The van der Waals surface area contributed by atoms with Gasteiger partial charge in [0.1, 0.15) is 17.4 Å². The van der Waals surface area contributed by atoms with Crippen LogP contribution in [0.5, 0.6) is 0 Å². The first-order chi connectivity index (χ1) is 9.13. The van der Waals surface area contributed by atoms with Crippen molar-refractivity contribution in [2.24, 2.45) is 0 Å². The van der Waals surface area contributed by atoms with Crippen molar-refractivity contribution in [2.75, 3.05) is 0 Å². The number of fused-ring (bicyclic) bond motifs is 1. The molecule has 0 radical (unpaired) electrons. The molecular formula is C13H19N5O. The van der Waals surface area contributed by atoms with Gasteiger partial charge in [-0.25, -0.2) is 9.67 Å². The SMILES string of the molecule is Cc1nc2n(n1)C[C@@H](NCc1c(C)noc1C)CC2. The fourth-order valence-electron chi connectivity index (χ4n) is 2.60. The summed E-state index contributed by atoms with van der Waals surface area (Å²) in [5.41, 5.74) is 2.14. The quantitative estimate of drug-likeness (QED) is 0.901. The average Bonchev–Trinajstić information content (AvgIpc) is 2.89. The molecule has 6 heteroatoms. The summed E-state index contributed by atoms with van der Waals surface area (Å²) >= 11 is 0. The van der Waals surface area contributed by atoms with Gasteiger partial charge in [0, 0.05) is 24.6 Å². The zero-order chi connectivity index (χ0) is 13.4. The predicted octanol–water partition coefficient (Wildman–Crippen LogP) is 1.30. The number of nitrogens with zero attached hydrogens (tertiary/aromatic N) is 4. The number of nitrogens with one attached hydrogen (secondary N) is 1. The van der Waals surface area contributed by atoms with Crippen LogP contribution in [0, 0.1) is 20.8 Å². The van der Waals surface area contributed by atoms with Crippen LogP contribution in [0.1, 0.15) is 35.1 Å². The highest BCUT2D eigenvalue weighted by molar-refractivity contribution is 5.20. The Hall–Kier alpha value is -1.69. The molecule has 1 aliphatic rings. The fraction of sp³-hybridized carbons (Fsp3) is 0.615. The van der Waals surface area contributed by atoms with E-state index in [1.807, 2.05) is 25.5 Å². The van der Waals surface area contributed by atoms with Crippen LogP contribution in [0.25, 0.3) is 0 Å². The molecule has 6 nitrogen and oxygen atoms in total. The Labute approximate surface area is 112 Å². The van der Waals surface area contributed by atoms with Gasteiger partial charge < -0.3 is 9.84 Å². The third-order valence-corrected chi connectivity index (χ3v) is 3.71. The summed E-state index contributed by atoms with van der Waals surface area (Å²) in [4.78, 5) is 4.42. The van der Waals surface area contributed by atoms with E-state index in [4.69, 9.17) is 4.52 Å². The van der Waals surface area contributed by atoms with Gasteiger partial charge in [-0.05, 0) is 27.2 Å². The molecule has 0 fully saturated rings. The molecule has 3 rings (SSSR count). The highest BCUT2D eigenvalue weighted by atomic mass is 16.5. The van der Waals surface area contributed by atoms with Crippen LogP contribution in [-0.2, 0) is 19.5 Å². The van der Waals surface area contributed by atoms with Gasteiger partial charge >= 0.3 is 0 Å². The molecule has 3 heterocycles. The molecule has 0 saturated heterocycles. The van der Waals surface area contributed by atoms with Crippen LogP contribution in [0.3, 0.4) is 0 Å². The van der Waals surface area contributed by atoms with Gasteiger partial charge in [-0.15, -0.1) is 0 Å². The van der Waals surface area contributed by atoms with E-state index < -0.39 is 0 Å². The summed E-state index contributed by atoms with van der Waals surface area (Å²) in [5, 5.41) is 12.0. The van der Waals surface area contributed by atoms with E-state index in [0.717, 1.165) is 49.0 Å². The van der Waals surface area contributed by atoms with Gasteiger partial charge in [0.2, 0.25) is 0 Å². The standard InChI is InChI=1S/C13H19N5O/c1-8-12(9(2)19-17-8)6-14-11-4-5-13-15-10(3)16-18(13)7-11/h11,14H,4-7H2,1-3H3/t11-/m0/s1. The molecule has 1 atom stereocenters. The lowest BCUT2D eigenvalue weighted by Gasteiger charge is -2.23. The van der Waals surface area contributed by atoms with Crippen LogP contribution in [0.4, 0.5) is 0 Å². The summed E-state index contributed by atoms with van der Waals surface area (Å²) in [7, 11) is 0. The highest BCUT2D eigenvalue weighted by Crippen LogP contribution is 2.15. The van der Waals surface area contributed by atoms with E-state index >= 15 is 0 Å². The molecule has 0 bridgehead atoms. The van der Waals surface area contributed by atoms with Gasteiger partial charge in [0.25, 0.3) is 0 Å². The van der Waals surface area contributed by atoms with E-state index in [2.05, 4.69) is 20.6 Å². The molecule has 0 amide bonds. The summed E-state index contributed by atoms with van der Waals surface area (Å²) in [6.45, 7) is 7.57. The van der Waals surface area contributed by atoms with Crippen molar-refractivity contribution in [3.05, 3.63) is 28.7 Å². The number of aromatic nitrogens is 4. The molecule has 102 valence electrons. The summed E-state index contributed by atoms with van der Waals surface area (Å²) < 4.78 is 7.19. The molecule has 0 aliphatic carbocycles. The van der Waals surface area contributed by atoms with Crippen LogP contribution in [0.15, 0.2) is 4.52 Å². The van der Waals surface area contributed by atoms with Crippen molar-refractivity contribution in [2.45, 2.75) is 52.7 Å². The van der Waals surface area contributed by atoms with Crippen molar-refractivity contribution in [3.63, 3.8) is 0 Å². The Morgan fingerprint density at radius 3 is 2.95 bits per heavy atom. The Balaban J connectivity index is 1.63. The topological polar surface area (TPSA) is 68.8 Å². The van der Waals surface area contributed by atoms with E-state index in [1.54, 1.807) is 0 Å². The average molecular weight is 261 g/mol. The fourth-order valence-corrected chi connectivity index (χ4v) is 2.60. The van der Waals surface area contributed by atoms with Crippen molar-refractivity contribution < 1.29 is 4.52 Å². The Kier molecular flexibility index (Phi) is 3.10. The number of aryl methyl sites for hydroxylation is 4. The lowest BCUT2D eigenvalue weighted by Crippen LogP contribution is -2.37. The first-order valence-electron chi connectivity index (χ1n) is 6.69. The van der Waals surface area contributed by atoms with Crippen LogP contribution in [-0.4, -0.2) is 26.0 Å². The molecule has 1 aliphatic heterocycles. The minimum Gasteiger partial charge on any atom is -0.361 e. The molecule has 2 aromatic rings. The van der Waals surface area contributed by atoms with Gasteiger partial charge in [-0.2, -0.15) is 5.10 Å². The number of rotatable bonds is 3. The first kappa shape index (κ1) is 12.3. The van der Waals surface area contributed by atoms with E-state index in [1.165, 1.54) is 5.56 Å². The van der Waals surface area contributed by atoms with Gasteiger partial charge in [0.05, 0.1) is 12.2 Å². The molecule has 19 heavy (non-hydrogen) atoms. The minimum absolute atomic E-state index is 0.433. The van der Waals surface area contributed by atoms with E-state index in [9.17, 15) is 0 Å². The maximum absolute atomic E-state index is 5.18.